The van der Waals surface area contributed by atoms with Crippen molar-refractivity contribution in [1.29, 1.82) is 0 Å². The number of amides is 1. The first-order valence-corrected chi connectivity index (χ1v) is 8.00. The highest BCUT2D eigenvalue weighted by Gasteiger charge is 2.27. The molecule has 1 N–H and O–H groups in total. The molecule has 0 bridgehead atoms. The number of anilines is 1. The van der Waals surface area contributed by atoms with Crippen molar-refractivity contribution in [3.8, 4) is 0 Å². The predicted octanol–water partition coefficient (Wildman–Crippen LogP) is 1.80. The number of nitrogens with one attached hydrogen (secondary N) is 1. The number of hydrogen-bond acceptors (Lipinski definition) is 4. The molecule has 1 aromatic carbocycles. The monoisotopic (exact) mass is 331 g/mol. The summed E-state index contributed by atoms with van der Waals surface area (Å²) in [6, 6.07) is 5.29. The van der Waals surface area contributed by atoms with Crippen LogP contribution >= 0.6 is 0 Å². The molecule has 0 fully saturated rings. The number of aromatic nitrogens is 2. The maximum atomic E-state index is 12.5. The fourth-order valence-corrected chi connectivity index (χ4v) is 2.97. The predicted molar refractivity (Wildman–Crippen MR) is 90.0 cm³/mol. The first kappa shape index (κ1) is 16.3. The molecule has 0 spiro atoms. The smallest absolute Gasteiger partial charge is 0.326 e. The van der Waals surface area contributed by atoms with Crippen LogP contribution in [0.5, 0.6) is 0 Å². The Bertz CT molecular complexity index is 857. The topological polar surface area (TPSA) is 84.4 Å². The maximum absolute atomic E-state index is 12.5. The number of H-pyrrole nitrogens is 1. The van der Waals surface area contributed by atoms with E-state index in [2.05, 4.69) is 4.98 Å². The Kier molecular flexibility index (Phi) is 3.95. The molecular weight excluding hydrogens is 310 g/mol. The third-order valence-electron chi connectivity index (χ3n) is 3.84. The van der Waals surface area contributed by atoms with E-state index in [1.54, 1.807) is 43.5 Å². The molecule has 1 aliphatic rings. The summed E-state index contributed by atoms with van der Waals surface area (Å²) in [5.41, 5.74) is 1.04. The molecule has 3 rings (SSSR count). The number of carbonyl (C=O) groups excluding carboxylic acids is 2. The number of carbonyl (C=O) groups is 2. The van der Waals surface area contributed by atoms with E-state index < -0.39 is 11.6 Å². The lowest BCUT2D eigenvalue weighted by atomic mass is 10.1. The van der Waals surface area contributed by atoms with Gasteiger partial charge in [-0.05, 0) is 39.3 Å². The van der Waals surface area contributed by atoms with Crippen LogP contribution < -0.4 is 10.6 Å². The highest BCUT2D eigenvalue weighted by atomic mass is 16.6. The van der Waals surface area contributed by atoms with Crippen molar-refractivity contribution in [1.82, 2.24) is 9.55 Å². The van der Waals surface area contributed by atoms with Crippen molar-refractivity contribution in [3.05, 3.63) is 28.7 Å². The van der Waals surface area contributed by atoms with Gasteiger partial charge in [0.2, 0.25) is 5.91 Å². The van der Waals surface area contributed by atoms with Gasteiger partial charge in [0, 0.05) is 13.0 Å². The number of hydrogen-bond donors (Lipinski definition) is 1. The normalized spacial score (nSPS) is 15.3. The molecule has 0 saturated heterocycles. The van der Waals surface area contributed by atoms with Gasteiger partial charge < -0.3 is 9.72 Å². The second-order valence-corrected chi connectivity index (χ2v) is 6.92. The van der Waals surface area contributed by atoms with Gasteiger partial charge in [0.15, 0.2) is 0 Å². The van der Waals surface area contributed by atoms with Crippen LogP contribution in [0.4, 0.5) is 5.69 Å². The number of benzene rings is 1. The van der Waals surface area contributed by atoms with Crippen LogP contribution in [0.15, 0.2) is 23.0 Å². The molecule has 0 saturated carbocycles. The largest absolute Gasteiger partial charge is 0.459 e. The van der Waals surface area contributed by atoms with Gasteiger partial charge in [0.1, 0.15) is 12.1 Å². The van der Waals surface area contributed by atoms with Crippen LogP contribution in [0.25, 0.3) is 11.0 Å². The lowest BCUT2D eigenvalue weighted by molar-refractivity contribution is -0.153. The van der Waals surface area contributed by atoms with Crippen LogP contribution in [-0.4, -0.2) is 33.6 Å². The molecule has 128 valence electrons. The van der Waals surface area contributed by atoms with Gasteiger partial charge >= 0.3 is 11.7 Å². The lowest BCUT2D eigenvalue weighted by Crippen LogP contribution is -2.40. The summed E-state index contributed by atoms with van der Waals surface area (Å²) in [7, 11) is 0. The number of esters is 1. The van der Waals surface area contributed by atoms with E-state index in [0.717, 1.165) is 0 Å². The summed E-state index contributed by atoms with van der Waals surface area (Å²) in [6.07, 6.45) is 0.821. The average Bonchev–Trinajstić information content (AvgIpc) is 2.77. The quantitative estimate of drug-likeness (QED) is 0.851. The van der Waals surface area contributed by atoms with Gasteiger partial charge in [-0.2, -0.15) is 0 Å². The molecule has 0 unspecified atom stereocenters. The third kappa shape index (κ3) is 3.06. The van der Waals surface area contributed by atoms with Crippen LogP contribution in [0.2, 0.25) is 0 Å². The Balaban J connectivity index is 2.06. The average molecular weight is 331 g/mol. The van der Waals surface area contributed by atoms with Gasteiger partial charge in [-0.3, -0.25) is 19.1 Å². The number of para-hydroxylation sites is 1. The summed E-state index contributed by atoms with van der Waals surface area (Å²) >= 11 is 0. The minimum absolute atomic E-state index is 0.145. The first-order valence-electron chi connectivity index (χ1n) is 8.00. The molecule has 1 aliphatic heterocycles. The fraction of sp³-hybridized carbons (Fsp3) is 0.471. The highest BCUT2D eigenvalue weighted by Crippen LogP contribution is 2.28. The Labute approximate surface area is 139 Å². The number of aromatic amines is 1. The molecule has 7 nitrogen and oxygen atoms in total. The number of nitrogens with zero attached hydrogens (tertiary/aromatic N) is 2. The van der Waals surface area contributed by atoms with E-state index in [0.29, 0.717) is 29.7 Å². The molecule has 0 radical (unpaired) electrons. The van der Waals surface area contributed by atoms with Crippen LogP contribution in [0.3, 0.4) is 0 Å². The SMILES string of the molecule is CC(C)(C)OC(=O)CN1C(=O)CCCn2c(=O)[nH]c3cccc1c32. The Morgan fingerprint density at radius 2 is 2.04 bits per heavy atom. The van der Waals surface area contributed by atoms with Gasteiger partial charge in [-0.25, -0.2) is 4.79 Å². The van der Waals surface area contributed by atoms with Crippen LogP contribution in [-0.2, 0) is 20.9 Å². The second-order valence-electron chi connectivity index (χ2n) is 6.92. The third-order valence-corrected chi connectivity index (χ3v) is 3.84. The lowest BCUT2D eigenvalue weighted by Gasteiger charge is -2.27. The van der Waals surface area contributed by atoms with Crippen LogP contribution in [0.1, 0.15) is 33.6 Å². The summed E-state index contributed by atoms with van der Waals surface area (Å²) in [6.45, 7) is 5.65. The van der Waals surface area contributed by atoms with E-state index >= 15 is 0 Å². The van der Waals surface area contributed by atoms with Crippen molar-refractivity contribution in [2.75, 3.05) is 11.4 Å². The number of rotatable bonds is 2. The fourth-order valence-electron chi connectivity index (χ4n) is 2.97. The molecule has 1 amide bonds. The number of ether oxygens (including phenoxy) is 1. The molecule has 0 atom stereocenters. The molecule has 7 heteroatoms. The zero-order valence-electron chi connectivity index (χ0n) is 14.1. The second kappa shape index (κ2) is 5.81. The minimum atomic E-state index is -0.620. The number of imidazole rings is 1. The van der Waals surface area contributed by atoms with E-state index in [1.165, 1.54) is 4.90 Å². The van der Waals surface area contributed by atoms with Crippen molar-refractivity contribution in [2.45, 2.75) is 45.8 Å². The van der Waals surface area contributed by atoms with E-state index in [-0.39, 0.29) is 24.6 Å². The summed E-state index contributed by atoms with van der Waals surface area (Å²) in [5.74, 6) is -0.619. The van der Waals surface area contributed by atoms with Gasteiger partial charge in [0.05, 0.1) is 16.7 Å². The van der Waals surface area contributed by atoms with Gasteiger partial charge in [-0.15, -0.1) is 0 Å². The molecule has 0 aliphatic carbocycles. The maximum Gasteiger partial charge on any atom is 0.326 e. The molecule has 1 aromatic heterocycles. The Morgan fingerprint density at radius 1 is 1.29 bits per heavy atom. The van der Waals surface area contributed by atoms with Gasteiger partial charge in [0.25, 0.3) is 0 Å². The zero-order valence-corrected chi connectivity index (χ0v) is 14.1. The molecule has 24 heavy (non-hydrogen) atoms. The van der Waals surface area contributed by atoms with Crippen LogP contribution in [0, 0.1) is 0 Å². The highest BCUT2D eigenvalue weighted by molar-refractivity contribution is 6.04. The van der Waals surface area contributed by atoms with E-state index in [4.69, 9.17) is 4.74 Å². The van der Waals surface area contributed by atoms with Crippen molar-refractivity contribution >= 4 is 28.6 Å². The van der Waals surface area contributed by atoms with Crippen molar-refractivity contribution < 1.29 is 14.3 Å². The Morgan fingerprint density at radius 3 is 2.75 bits per heavy atom. The molecule has 2 heterocycles. The van der Waals surface area contributed by atoms with E-state index in [1.807, 2.05) is 0 Å². The minimum Gasteiger partial charge on any atom is -0.459 e. The van der Waals surface area contributed by atoms with Crippen molar-refractivity contribution in [2.24, 2.45) is 0 Å². The summed E-state index contributed by atoms with van der Waals surface area (Å²) in [5, 5.41) is 0. The van der Waals surface area contributed by atoms with E-state index in [9.17, 15) is 14.4 Å². The summed E-state index contributed by atoms with van der Waals surface area (Å²) in [4.78, 5) is 41.1. The van der Waals surface area contributed by atoms with Gasteiger partial charge in [-0.1, -0.05) is 6.07 Å². The first-order chi connectivity index (χ1) is 11.3. The zero-order chi connectivity index (χ0) is 17.5. The Hall–Kier alpha value is -2.57. The summed E-state index contributed by atoms with van der Waals surface area (Å²) < 4.78 is 6.96. The molecular formula is C17H21N3O4. The number of aryl methyl sites for hydroxylation is 1. The standard InChI is InChI=1S/C17H21N3O4/c1-17(2,3)24-14(22)10-20-12-7-4-6-11-15(12)19(16(23)18-11)9-5-8-13(20)21/h4,6-7H,5,8-10H2,1-3H3,(H,18,23). The molecule has 2 aromatic rings. The van der Waals surface area contributed by atoms with Crippen molar-refractivity contribution in [3.63, 3.8) is 0 Å².